The van der Waals surface area contributed by atoms with Crippen LogP contribution in [0.2, 0.25) is 0 Å². The van der Waals surface area contributed by atoms with Gasteiger partial charge in [-0.2, -0.15) is 0 Å². The minimum atomic E-state index is -0.247. The van der Waals surface area contributed by atoms with E-state index in [-0.39, 0.29) is 6.09 Å². The maximum atomic E-state index is 11.9. The van der Waals surface area contributed by atoms with E-state index in [9.17, 15) is 4.79 Å². The summed E-state index contributed by atoms with van der Waals surface area (Å²) in [6.07, 6.45) is 4.10. The van der Waals surface area contributed by atoms with Crippen LogP contribution in [0, 0.1) is 5.92 Å². The largest absolute Gasteiger partial charge is 0.445 e. The zero-order chi connectivity index (χ0) is 14.4. The van der Waals surface area contributed by atoms with Crippen molar-refractivity contribution >= 4 is 6.09 Å². The van der Waals surface area contributed by atoms with Crippen LogP contribution in [0.15, 0.2) is 30.3 Å². The second-order valence-electron chi connectivity index (χ2n) is 5.70. The van der Waals surface area contributed by atoms with E-state index in [4.69, 9.17) is 10.5 Å². The lowest BCUT2D eigenvalue weighted by molar-refractivity contribution is 0.0961. The molecule has 0 spiro atoms. The van der Waals surface area contributed by atoms with Gasteiger partial charge < -0.3 is 15.4 Å². The average Bonchev–Trinajstić information content (AvgIpc) is 2.48. The topological polar surface area (TPSA) is 55.6 Å². The molecule has 1 fully saturated rings. The number of benzene rings is 1. The molecule has 0 radical (unpaired) electrons. The molecule has 1 aliphatic carbocycles. The highest BCUT2D eigenvalue weighted by atomic mass is 16.6. The predicted octanol–water partition coefficient (Wildman–Crippen LogP) is 2.77. The van der Waals surface area contributed by atoms with Crippen LogP contribution in [0.25, 0.3) is 0 Å². The predicted molar refractivity (Wildman–Crippen MR) is 79.2 cm³/mol. The molecule has 110 valence electrons. The van der Waals surface area contributed by atoms with Crippen LogP contribution in [0.4, 0.5) is 4.79 Å². The molecule has 0 bridgehead atoms. The molecule has 2 N–H and O–H groups in total. The zero-order valence-corrected chi connectivity index (χ0v) is 12.1. The molecule has 0 aliphatic heterocycles. The summed E-state index contributed by atoms with van der Waals surface area (Å²) >= 11 is 0. The van der Waals surface area contributed by atoms with Gasteiger partial charge in [0.25, 0.3) is 0 Å². The number of hydrogen-bond acceptors (Lipinski definition) is 3. The number of rotatable bonds is 4. The lowest BCUT2D eigenvalue weighted by Gasteiger charge is -2.29. The number of nitrogens with zero attached hydrogens (tertiary/aromatic N) is 1. The van der Waals surface area contributed by atoms with E-state index >= 15 is 0 Å². The molecule has 0 atom stereocenters. The number of carbonyl (C=O) groups excluding carboxylic acids is 1. The average molecular weight is 276 g/mol. The normalized spacial score (nSPS) is 22.3. The van der Waals surface area contributed by atoms with Gasteiger partial charge in [-0.1, -0.05) is 30.3 Å². The Labute approximate surface area is 120 Å². The van der Waals surface area contributed by atoms with Crippen LogP contribution in [-0.4, -0.2) is 30.6 Å². The highest BCUT2D eigenvalue weighted by Crippen LogP contribution is 2.23. The molecule has 0 unspecified atom stereocenters. The Bertz CT molecular complexity index is 414. The molecule has 4 heteroatoms. The van der Waals surface area contributed by atoms with E-state index in [1.54, 1.807) is 4.90 Å². The monoisotopic (exact) mass is 276 g/mol. The molecule has 1 aromatic carbocycles. The zero-order valence-electron chi connectivity index (χ0n) is 12.1. The Hall–Kier alpha value is -1.55. The molecular weight excluding hydrogens is 252 g/mol. The van der Waals surface area contributed by atoms with Crippen molar-refractivity contribution in [2.45, 2.75) is 38.3 Å². The molecule has 1 aliphatic rings. The van der Waals surface area contributed by atoms with Gasteiger partial charge >= 0.3 is 6.09 Å². The summed E-state index contributed by atoms with van der Waals surface area (Å²) in [5, 5.41) is 0. The summed E-state index contributed by atoms with van der Waals surface area (Å²) in [7, 11) is 1.81. The Morgan fingerprint density at radius 3 is 2.55 bits per heavy atom. The quantitative estimate of drug-likeness (QED) is 0.920. The Balaban J connectivity index is 1.72. The van der Waals surface area contributed by atoms with Gasteiger partial charge in [-0.05, 0) is 37.2 Å². The summed E-state index contributed by atoms with van der Waals surface area (Å²) in [5.74, 6) is 0.559. The summed E-state index contributed by atoms with van der Waals surface area (Å²) < 4.78 is 5.31. The van der Waals surface area contributed by atoms with Crippen LogP contribution in [-0.2, 0) is 11.3 Å². The van der Waals surface area contributed by atoms with Crippen molar-refractivity contribution in [1.82, 2.24) is 4.90 Å². The highest BCUT2D eigenvalue weighted by molar-refractivity contribution is 5.67. The third-order valence-corrected chi connectivity index (χ3v) is 3.94. The third kappa shape index (κ3) is 4.53. The molecule has 2 rings (SSSR count). The van der Waals surface area contributed by atoms with Gasteiger partial charge in [-0.3, -0.25) is 0 Å². The number of nitrogens with two attached hydrogens (primary N) is 1. The maximum absolute atomic E-state index is 11.9. The van der Waals surface area contributed by atoms with Crippen LogP contribution in [0.5, 0.6) is 0 Å². The van der Waals surface area contributed by atoms with Crippen LogP contribution in [0.1, 0.15) is 31.2 Å². The molecule has 0 aromatic heterocycles. The second-order valence-corrected chi connectivity index (χ2v) is 5.70. The summed E-state index contributed by atoms with van der Waals surface area (Å²) in [6.45, 7) is 1.10. The van der Waals surface area contributed by atoms with Crippen LogP contribution in [0.3, 0.4) is 0 Å². The first-order chi connectivity index (χ1) is 9.65. The molecule has 0 heterocycles. The van der Waals surface area contributed by atoms with E-state index in [0.717, 1.165) is 37.8 Å². The van der Waals surface area contributed by atoms with Gasteiger partial charge in [-0.15, -0.1) is 0 Å². The van der Waals surface area contributed by atoms with Gasteiger partial charge in [-0.25, -0.2) is 4.79 Å². The first kappa shape index (κ1) is 14.9. The molecule has 1 saturated carbocycles. The molecule has 1 aromatic rings. The van der Waals surface area contributed by atoms with E-state index in [1.807, 2.05) is 37.4 Å². The number of hydrogen-bond donors (Lipinski definition) is 1. The number of ether oxygens (including phenoxy) is 1. The van der Waals surface area contributed by atoms with Gasteiger partial charge in [0.15, 0.2) is 0 Å². The van der Waals surface area contributed by atoms with Crippen molar-refractivity contribution in [2.75, 3.05) is 13.6 Å². The Morgan fingerprint density at radius 2 is 1.90 bits per heavy atom. The van der Waals surface area contributed by atoms with Crippen molar-refractivity contribution in [2.24, 2.45) is 11.7 Å². The van der Waals surface area contributed by atoms with Crippen molar-refractivity contribution in [1.29, 1.82) is 0 Å². The van der Waals surface area contributed by atoms with E-state index in [2.05, 4.69) is 0 Å². The fourth-order valence-corrected chi connectivity index (χ4v) is 2.66. The summed E-state index contributed by atoms with van der Waals surface area (Å²) in [4.78, 5) is 13.6. The van der Waals surface area contributed by atoms with Crippen molar-refractivity contribution in [3.05, 3.63) is 35.9 Å². The van der Waals surface area contributed by atoms with Gasteiger partial charge in [0.1, 0.15) is 6.61 Å². The summed E-state index contributed by atoms with van der Waals surface area (Å²) in [5.41, 5.74) is 6.91. The second kappa shape index (κ2) is 7.29. The number of carbonyl (C=O) groups is 1. The Kier molecular flexibility index (Phi) is 5.41. The molecule has 4 nitrogen and oxygen atoms in total. The molecule has 1 amide bonds. The lowest BCUT2D eigenvalue weighted by Crippen LogP contribution is -2.35. The van der Waals surface area contributed by atoms with Gasteiger partial charge in [0.2, 0.25) is 0 Å². The Morgan fingerprint density at radius 1 is 1.25 bits per heavy atom. The van der Waals surface area contributed by atoms with Gasteiger partial charge in [0.05, 0.1) is 0 Å². The maximum Gasteiger partial charge on any atom is 0.409 e. The van der Waals surface area contributed by atoms with E-state index < -0.39 is 0 Å². The van der Waals surface area contributed by atoms with Crippen molar-refractivity contribution < 1.29 is 9.53 Å². The first-order valence-electron chi connectivity index (χ1n) is 7.32. The minimum Gasteiger partial charge on any atom is -0.445 e. The fourth-order valence-electron chi connectivity index (χ4n) is 2.66. The smallest absolute Gasteiger partial charge is 0.409 e. The molecule has 20 heavy (non-hydrogen) atoms. The van der Waals surface area contributed by atoms with Crippen molar-refractivity contribution in [3.63, 3.8) is 0 Å². The minimum absolute atomic E-state index is 0.247. The third-order valence-electron chi connectivity index (χ3n) is 3.94. The molecule has 0 saturated heterocycles. The fraction of sp³-hybridized carbons (Fsp3) is 0.562. The lowest BCUT2D eigenvalue weighted by atomic mass is 9.86. The highest BCUT2D eigenvalue weighted by Gasteiger charge is 2.22. The standard InChI is InChI=1S/C16H24N2O2/c1-18(11-13-7-9-15(17)10-8-13)16(19)20-12-14-5-3-2-4-6-14/h2-6,13,15H,7-12,17H2,1H3. The summed E-state index contributed by atoms with van der Waals surface area (Å²) in [6, 6.07) is 10.1. The van der Waals surface area contributed by atoms with Crippen LogP contribution >= 0.6 is 0 Å². The SMILES string of the molecule is CN(CC1CCC(N)CC1)C(=O)OCc1ccccc1. The number of amides is 1. The van der Waals surface area contributed by atoms with Crippen LogP contribution < -0.4 is 5.73 Å². The van der Waals surface area contributed by atoms with Gasteiger partial charge in [0, 0.05) is 19.6 Å². The first-order valence-corrected chi connectivity index (χ1v) is 7.32. The van der Waals surface area contributed by atoms with E-state index in [0.29, 0.717) is 18.6 Å². The van der Waals surface area contributed by atoms with E-state index in [1.165, 1.54) is 0 Å². The molecular formula is C16H24N2O2. The van der Waals surface area contributed by atoms with Crippen molar-refractivity contribution in [3.8, 4) is 0 Å².